The van der Waals surface area contributed by atoms with E-state index >= 15 is 0 Å². The molecule has 2 heterocycles. The molecule has 174 valence electrons. The third-order valence-electron chi connectivity index (χ3n) is 7.69. The molecule has 0 radical (unpaired) electrons. The predicted molar refractivity (Wildman–Crippen MR) is 126 cm³/mol. The van der Waals surface area contributed by atoms with Gasteiger partial charge in [0.15, 0.2) is 10.9 Å². The van der Waals surface area contributed by atoms with E-state index in [-0.39, 0.29) is 35.1 Å². The van der Waals surface area contributed by atoms with Crippen LogP contribution in [0.1, 0.15) is 61.5 Å². The molecule has 2 aliphatic rings. The molecule has 3 unspecified atom stereocenters. The number of amides is 3. The average molecular weight is 468 g/mol. The number of benzene rings is 1. The number of fused-ring (bicyclic) bond motifs is 2. The summed E-state index contributed by atoms with van der Waals surface area (Å²) >= 11 is 1.10. The lowest BCUT2D eigenvalue weighted by atomic mass is 9.62. The van der Waals surface area contributed by atoms with E-state index in [9.17, 15) is 19.2 Å². The van der Waals surface area contributed by atoms with Gasteiger partial charge in [0, 0.05) is 19.3 Å². The maximum atomic E-state index is 13.7. The fraction of sp³-hybridized carbons (Fsp3) is 0.480. The van der Waals surface area contributed by atoms with Crippen LogP contribution in [-0.4, -0.2) is 39.4 Å². The Kier molecular flexibility index (Phi) is 5.76. The second-order valence-electron chi connectivity index (χ2n) is 9.84. The van der Waals surface area contributed by atoms with E-state index in [0.29, 0.717) is 23.4 Å². The van der Waals surface area contributed by atoms with Crippen molar-refractivity contribution in [3.8, 4) is 0 Å². The summed E-state index contributed by atoms with van der Waals surface area (Å²) in [6, 6.07) is 8.35. The number of anilines is 1. The number of carbonyl (C=O) groups is 4. The molecular weight excluding hydrogens is 438 g/mol. The zero-order valence-corrected chi connectivity index (χ0v) is 20.4. The maximum absolute atomic E-state index is 13.7. The number of thiazole rings is 1. The van der Waals surface area contributed by atoms with Crippen molar-refractivity contribution in [1.82, 2.24) is 9.88 Å². The molecule has 1 aliphatic carbocycles. The third kappa shape index (κ3) is 3.70. The highest BCUT2D eigenvalue weighted by atomic mass is 32.1. The first-order valence-electron chi connectivity index (χ1n) is 11.2. The van der Waals surface area contributed by atoms with Gasteiger partial charge in [-0.15, -0.1) is 0 Å². The van der Waals surface area contributed by atoms with Crippen molar-refractivity contribution in [1.29, 1.82) is 0 Å². The molecule has 2 aromatic rings. The highest BCUT2D eigenvalue weighted by Crippen LogP contribution is 2.60. The van der Waals surface area contributed by atoms with Gasteiger partial charge in [-0.05, 0) is 30.7 Å². The van der Waals surface area contributed by atoms with Crippen LogP contribution in [0.25, 0.3) is 0 Å². The molecule has 1 saturated heterocycles. The summed E-state index contributed by atoms with van der Waals surface area (Å²) in [5.74, 6) is -1.48. The van der Waals surface area contributed by atoms with Crippen LogP contribution in [0.3, 0.4) is 0 Å². The lowest BCUT2D eigenvalue weighted by Crippen LogP contribution is -2.64. The van der Waals surface area contributed by atoms with Crippen molar-refractivity contribution in [2.24, 2.45) is 16.7 Å². The molecule has 1 aliphatic heterocycles. The number of hydrogen-bond donors (Lipinski definition) is 1. The molecule has 7 nitrogen and oxygen atoms in total. The van der Waals surface area contributed by atoms with E-state index in [4.69, 9.17) is 0 Å². The number of nitrogens with one attached hydrogen (secondary N) is 1. The minimum Gasteiger partial charge on any atom is -0.300 e. The molecule has 3 atom stereocenters. The first-order chi connectivity index (χ1) is 15.5. The van der Waals surface area contributed by atoms with Crippen molar-refractivity contribution in [3.05, 3.63) is 46.5 Å². The maximum Gasteiger partial charge on any atom is 0.249 e. The second-order valence-corrected chi connectivity index (χ2v) is 10.8. The van der Waals surface area contributed by atoms with Gasteiger partial charge in [0.05, 0.1) is 16.0 Å². The normalized spacial score (nSPS) is 24.6. The lowest BCUT2D eigenvalue weighted by molar-refractivity contribution is -0.172. The Morgan fingerprint density at radius 3 is 2.48 bits per heavy atom. The standard InChI is InChI=1S/C25H29N3O4S/c1-14-19(15(2)29)33-23(26-14)27-20(30)18(13-16-9-7-6-8-10-16)28-21(31)17-11-12-25(5,22(28)32)24(17,3)4/h6-10,17-18H,11-13H2,1-5H3,(H,26,27,30). The van der Waals surface area contributed by atoms with E-state index in [1.165, 1.54) is 11.8 Å². The number of hydrogen-bond acceptors (Lipinski definition) is 6. The van der Waals surface area contributed by atoms with E-state index < -0.39 is 22.8 Å². The number of imide groups is 1. The van der Waals surface area contributed by atoms with Gasteiger partial charge in [0.2, 0.25) is 17.7 Å². The molecule has 33 heavy (non-hydrogen) atoms. The summed E-state index contributed by atoms with van der Waals surface area (Å²) in [5, 5.41) is 3.05. The number of aryl methyl sites for hydroxylation is 1. The molecule has 1 aromatic heterocycles. The fourth-order valence-electron chi connectivity index (χ4n) is 5.25. The average Bonchev–Trinajstić information content (AvgIpc) is 3.20. The van der Waals surface area contributed by atoms with Crippen LogP contribution in [0.15, 0.2) is 30.3 Å². The van der Waals surface area contributed by atoms with E-state index in [1.54, 1.807) is 6.92 Å². The lowest BCUT2D eigenvalue weighted by Gasteiger charge is -2.49. The quantitative estimate of drug-likeness (QED) is 0.511. The summed E-state index contributed by atoms with van der Waals surface area (Å²) in [7, 11) is 0. The van der Waals surface area contributed by atoms with Crippen LogP contribution >= 0.6 is 11.3 Å². The van der Waals surface area contributed by atoms with Gasteiger partial charge in [0.1, 0.15) is 6.04 Å². The second kappa shape index (κ2) is 8.17. The van der Waals surface area contributed by atoms with Crippen LogP contribution in [-0.2, 0) is 20.8 Å². The van der Waals surface area contributed by atoms with Gasteiger partial charge in [-0.3, -0.25) is 24.1 Å². The smallest absolute Gasteiger partial charge is 0.249 e. The molecule has 2 fully saturated rings. The Hall–Kier alpha value is -2.87. The van der Waals surface area contributed by atoms with Crippen molar-refractivity contribution >= 4 is 40.0 Å². The van der Waals surface area contributed by atoms with E-state index in [0.717, 1.165) is 16.9 Å². The first-order valence-corrected chi connectivity index (χ1v) is 12.0. The number of carbonyl (C=O) groups excluding carboxylic acids is 4. The van der Waals surface area contributed by atoms with Gasteiger partial charge in [-0.25, -0.2) is 4.98 Å². The Labute approximate surface area is 197 Å². The summed E-state index contributed by atoms with van der Waals surface area (Å²) in [5.41, 5.74) is 0.217. The van der Waals surface area contributed by atoms with E-state index in [2.05, 4.69) is 10.3 Å². The summed E-state index contributed by atoms with van der Waals surface area (Å²) in [6.45, 7) is 9.03. The van der Waals surface area contributed by atoms with Crippen LogP contribution in [0.5, 0.6) is 0 Å². The Balaban J connectivity index is 1.70. The van der Waals surface area contributed by atoms with Crippen LogP contribution in [0, 0.1) is 23.7 Å². The Morgan fingerprint density at radius 2 is 1.88 bits per heavy atom. The number of nitrogens with zero attached hydrogens (tertiary/aromatic N) is 2. The minimum atomic E-state index is -1.01. The largest absolute Gasteiger partial charge is 0.300 e. The topological polar surface area (TPSA) is 96.4 Å². The highest BCUT2D eigenvalue weighted by Gasteiger charge is 2.65. The first kappa shape index (κ1) is 23.3. The number of aromatic nitrogens is 1. The van der Waals surface area contributed by atoms with E-state index in [1.807, 2.05) is 51.1 Å². The molecule has 0 spiro atoms. The summed E-state index contributed by atoms with van der Waals surface area (Å²) in [4.78, 5) is 58.6. The third-order valence-corrected chi connectivity index (χ3v) is 8.86. The van der Waals surface area contributed by atoms with Crippen molar-refractivity contribution in [2.45, 2.75) is 59.9 Å². The molecule has 1 saturated carbocycles. The molecule has 8 heteroatoms. The number of Topliss-reactive ketones (excluding diaryl/α,β-unsaturated/α-hetero) is 1. The number of likely N-dealkylation sites (tertiary alicyclic amines) is 1. The minimum absolute atomic E-state index is 0.126. The highest BCUT2D eigenvalue weighted by molar-refractivity contribution is 7.17. The van der Waals surface area contributed by atoms with Crippen LogP contribution in [0.4, 0.5) is 5.13 Å². The van der Waals surface area contributed by atoms with Gasteiger partial charge >= 0.3 is 0 Å². The van der Waals surface area contributed by atoms with Crippen LogP contribution in [0.2, 0.25) is 0 Å². The van der Waals surface area contributed by atoms with Crippen molar-refractivity contribution in [2.75, 3.05) is 5.32 Å². The van der Waals surface area contributed by atoms with Gasteiger partial charge in [0.25, 0.3) is 0 Å². The Bertz CT molecular complexity index is 1140. The zero-order valence-electron chi connectivity index (χ0n) is 19.6. The molecule has 1 N–H and O–H groups in total. The van der Waals surface area contributed by atoms with Crippen molar-refractivity contribution in [3.63, 3.8) is 0 Å². The SMILES string of the molecule is CC(=O)c1sc(NC(=O)C(Cc2ccccc2)N2C(=O)C3CCC(C)(C2=O)C3(C)C)nc1C. The molecule has 3 amide bonds. The molecule has 1 aromatic carbocycles. The molecular formula is C25H29N3O4S. The molecule has 4 rings (SSSR count). The Morgan fingerprint density at radius 1 is 1.21 bits per heavy atom. The van der Waals surface area contributed by atoms with Gasteiger partial charge < -0.3 is 5.32 Å². The monoisotopic (exact) mass is 467 g/mol. The molecule has 2 bridgehead atoms. The summed E-state index contributed by atoms with van der Waals surface area (Å²) in [6.07, 6.45) is 1.47. The number of rotatable bonds is 6. The number of piperidine rings is 1. The number of ketones is 1. The van der Waals surface area contributed by atoms with Gasteiger partial charge in [-0.2, -0.15) is 0 Å². The zero-order chi connectivity index (χ0) is 24.1. The summed E-state index contributed by atoms with van der Waals surface area (Å²) < 4.78 is 0. The predicted octanol–water partition coefficient (Wildman–Crippen LogP) is 4.02. The fourth-order valence-corrected chi connectivity index (χ4v) is 6.11. The van der Waals surface area contributed by atoms with Crippen molar-refractivity contribution < 1.29 is 19.2 Å². The van der Waals surface area contributed by atoms with Crippen LogP contribution < -0.4 is 5.32 Å². The van der Waals surface area contributed by atoms with Gasteiger partial charge in [-0.1, -0.05) is 62.4 Å².